The van der Waals surface area contributed by atoms with Gasteiger partial charge in [-0.1, -0.05) is 6.07 Å². The van der Waals surface area contributed by atoms with Crippen LogP contribution in [0.4, 0.5) is 0 Å². The van der Waals surface area contributed by atoms with Gasteiger partial charge in [0.1, 0.15) is 5.82 Å². The molecule has 3 rings (SSSR count). The molecule has 0 aromatic carbocycles. The van der Waals surface area contributed by atoms with Crippen LogP contribution in [0.1, 0.15) is 48.1 Å². The average Bonchev–Trinajstić information content (AvgIpc) is 3.17. The summed E-state index contributed by atoms with van der Waals surface area (Å²) in [4.78, 5) is 8.63. The fourth-order valence-electron chi connectivity index (χ4n) is 3.39. The molecule has 0 bridgehead atoms. The second-order valence-electron chi connectivity index (χ2n) is 6.29. The summed E-state index contributed by atoms with van der Waals surface area (Å²) in [6.45, 7) is 7.63. The van der Waals surface area contributed by atoms with Crippen molar-refractivity contribution in [1.29, 1.82) is 0 Å². The zero-order valence-electron chi connectivity index (χ0n) is 13.4. The first-order valence-electron chi connectivity index (χ1n) is 8.08. The normalized spacial score (nSPS) is 18.7. The third-order valence-electron chi connectivity index (χ3n) is 4.63. The van der Waals surface area contributed by atoms with Crippen molar-refractivity contribution in [3.8, 4) is 0 Å². The lowest BCUT2D eigenvalue weighted by Crippen LogP contribution is -2.33. The second kappa shape index (κ2) is 6.94. The van der Waals surface area contributed by atoms with E-state index in [1.165, 1.54) is 4.88 Å². The zero-order valence-corrected chi connectivity index (χ0v) is 14.2. The minimum absolute atomic E-state index is 0.113. The Morgan fingerprint density at radius 1 is 1.41 bits per heavy atom. The van der Waals surface area contributed by atoms with Gasteiger partial charge in [-0.05, 0) is 51.2 Å². The predicted molar refractivity (Wildman–Crippen MR) is 90.3 cm³/mol. The first-order chi connectivity index (χ1) is 10.7. The predicted octanol–water partition coefficient (Wildman–Crippen LogP) is 3.19. The molecule has 0 radical (unpaired) electrons. The van der Waals surface area contributed by atoms with Crippen LogP contribution in [0.5, 0.6) is 0 Å². The lowest BCUT2D eigenvalue weighted by molar-refractivity contribution is 0.195. The maximum Gasteiger partial charge on any atom is 0.112 e. The molecule has 0 unspecified atom stereocenters. The fourth-order valence-corrected chi connectivity index (χ4v) is 4.14. The SMILES string of the molecule is Cc1cnc(C2CCN(Cc3cccs3)CC2)n1[C@H](C)CO. The molecule has 0 aliphatic carbocycles. The van der Waals surface area contributed by atoms with E-state index in [9.17, 15) is 5.11 Å². The Bertz CT molecular complexity index is 585. The van der Waals surface area contributed by atoms with E-state index in [1.807, 2.05) is 17.5 Å². The zero-order chi connectivity index (χ0) is 15.5. The fraction of sp³-hybridized carbons (Fsp3) is 0.588. The van der Waals surface area contributed by atoms with Crippen LogP contribution < -0.4 is 0 Å². The van der Waals surface area contributed by atoms with Gasteiger partial charge >= 0.3 is 0 Å². The van der Waals surface area contributed by atoms with Crippen LogP contribution >= 0.6 is 11.3 Å². The Morgan fingerprint density at radius 3 is 2.82 bits per heavy atom. The van der Waals surface area contributed by atoms with Gasteiger partial charge in [-0.3, -0.25) is 4.90 Å². The number of aliphatic hydroxyl groups is 1. The van der Waals surface area contributed by atoms with E-state index in [2.05, 4.69) is 45.8 Å². The van der Waals surface area contributed by atoms with Gasteiger partial charge in [-0.15, -0.1) is 11.3 Å². The number of rotatable bonds is 5. The largest absolute Gasteiger partial charge is 0.394 e. The number of imidazole rings is 1. The monoisotopic (exact) mass is 319 g/mol. The number of aromatic nitrogens is 2. The molecule has 1 aliphatic rings. The van der Waals surface area contributed by atoms with Crippen molar-refractivity contribution in [2.45, 2.75) is 45.2 Å². The highest BCUT2D eigenvalue weighted by Gasteiger charge is 2.26. The summed E-state index contributed by atoms with van der Waals surface area (Å²) in [5, 5.41) is 11.6. The van der Waals surface area contributed by atoms with E-state index in [0.29, 0.717) is 5.92 Å². The van der Waals surface area contributed by atoms with Gasteiger partial charge in [0.05, 0.1) is 12.6 Å². The van der Waals surface area contributed by atoms with E-state index in [1.54, 1.807) is 0 Å². The van der Waals surface area contributed by atoms with Crippen molar-refractivity contribution in [3.05, 3.63) is 40.1 Å². The van der Waals surface area contributed by atoms with Crippen LogP contribution in [0.25, 0.3) is 0 Å². The highest BCUT2D eigenvalue weighted by molar-refractivity contribution is 7.09. The first-order valence-corrected chi connectivity index (χ1v) is 8.96. The molecule has 1 N–H and O–H groups in total. The van der Waals surface area contributed by atoms with Crippen LogP contribution in [0.3, 0.4) is 0 Å². The number of thiophene rings is 1. The van der Waals surface area contributed by atoms with Crippen molar-refractivity contribution in [2.75, 3.05) is 19.7 Å². The Morgan fingerprint density at radius 2 is 2.18 bits per heavy atom. The molecule has 1 atom stereocenters. The van der Waals surface area contributed by atoms with Crippen LogP contribution in [0, 0.1) is 6.92 Å². The molecule has 5 heteroatoms. The van der Waals surface area contributed by atoms with Gasteiger partial charge in [0.2, 0.25) is 0 Å². The molecule has 1 fully saturated rings. The number of nitrogens with zero attached hydrogens (tertiary/aromatic N) is 3. The van der Waals surface area contributed by atoms with Gasteiger partial charge in [-0.25, -0.2) is 4.98 Å². The van der Waals surface area contributed by atoms with Crippen molar-refractivity contribution in [2.24, 2.45) is 0 Å². The number of aryl methyl sites for hydroxylation is 1. The standard InChI is InChI=1S/C17H25N3OS/c1-13-10-18-17(20(13)14(2)12-21)15-5-7-19(8-6-15)11-16-4-3-9-22-16/h3-4,9-10,14-15,21H,5-8,11-12H2,1-2H3/t14-/m1/s1. The molecule has 1 aliphatic heterocycles. The molecule has 4 nitrogen and oxygen atoms in total. The summed E-state index contributed by atoms with van der Waals surface area (Å²) in [6.07, 6.45) is 4.25. The highest BCUT2D eigenvalue weighted by Crippen LogP contribution is 2.30. The Kier molecular flexibility index (Phi) is 4.96. The molecule has 22 heavy (non-hydrogen) atoms. The van der Waals surface area contributed by atoms with E-state index in [0.717, 1.165) is 44.0 Å². The number of hydrogen-bond acceptors (Lipinski definition) is 4. The molecule has 0 amide bonds. The molecule has 3 heterocycles. The highest BCUT2D eigenvalue weighted by atomic mass is 32.1. The van der Waals surface area contributed by atoms with Crippen LogP contribution in [0.15, 0.2) is 23.7 Å². The minimum atomic E-state index is 0.113. The second-order valence-corrected chi connectivity index (χ2v) is 7.32. The minimum Gasteiger partial charge on any atom is -0.394 e. The molecule has 0 spiro atoms. The summed E-state index contributed by atoms with van der Waals surface area (Å²) in [5.74, 6) is 1.68. The summed E-state index contributed by atoms with van der Waals surface area (Å²) >= 11 is 1.84. The number of hydrogen-bond donors (Lipinski definition) is 1. The van der Waals surface area contributed by atoms with Crippen molar-refractivity contribution in [1.82, 2.24) is 14.5 Å². The van der Waals surface area contributed by atoms with Gasteiger partial charge in [0.25, 0.3) is 0 Å². The molecule has 2 aromatic rings. The van der Waals surface area contributed by atoms with Gasteiger partial charge in [-0.2, -0.15) is 0 Å². The average molecular weight is 319 g/mol. The van der Waals surface area contributed by atoms with Crippen molar-refractivity contribution >= 4 is 11.3 Å². The molecule has 2 aromatic heterocycles. The summed E-state index contributed by atoms with van der Waals surface area (Å²) in [7, 11) is 0. The van der Waals surface area contributed by atoms with Crippen molar-refractivity contribution in [3.63, 3.8) is 0 Å². The Balaban J connectivity index is 1.64. The molecular weight excluding hydrogens is 294 g/mol. The smallest absolute Gasteiger partial charge is 0.112 e. The van der Waals surface area contributed by atoms with Crippen LogP contribution in [0.2, 0.25) is 0 Å². The van der Waals surface area contributed by atoms with E-state index in [4.69, 9.17) is 0 Å². The number of likely N-dealkylation sites (tertiary alicyclic amines) is 1. The van der Waals surface area contributed by atoms with E-state index >= 15 is 0 Å². The topological polar surface area (TPSA) is 41.3 Å². The third kappa shape index (κ3) is 3.26. The van der Waals surface area contributed by atoms with Gasteiger partial charge in [0.15, 0.2) is 0 Å². The third-order valence-corrected chi connectivity index (χ3v) is 5.49. The van der Waals surface area contributed by atoms with E-state index < -0.39 is 0 Å². The van der Waals surface area contributed by atoms with E-state index in [-0.39, 0.29) is 12.6 Å². The molecule has 120 valence electrons. The number of piperidine rings is 1. The maximum absolute atomic E-state index is 9.48. The maximum atomic E-state index is 9.48. The quantitative estimate of drug-likeness (QED) is 0.920. The summed E-state index contributed by atoms with van der Waals surface area (Å²) in [5.41, 5.74) is 1.15. The first kappa shape index (κ1) is 15.7. The summed E-state index contributed by atoms with van der Waals surface area (Å²) in [6, 6.07) is 4.46. The summed E-state index contributed by atoms with van der Waals surface area (Å²) < 4.78 is 2.22. The lowest BCUT2D eigenvalue weighted by Gasteiger charge is -2.32. The molecular formula is C17H25N3OS. The Hall–Kier alpha value is -1.17. The van der Waals surface area contributed by atoms with Crippen LogP contribution in [-0.4, -0.2) is 39.3 Å². The lowest BCUT2D eigenvalue weighted by atomic mass is 9.95. The molecule has 1 saturated heterocycles. The van der Waals surface area contributed by atoms with Gasteiger partial charge < -0.3 is 9.67 Å². The number of aliphatic hydroxyl groups excluding tert-OH is 1. The van der Waals surface area contributed by atoms with Gasteiger partial charge in [0, 0.05) is 29.2 Å². The van der Waals surface area contributed by atoms with Crippen molar-refractivity contribution < 1.29 is 5.11 Å². The Labute approximate surface area is 136 Å². The molecule has 0 saturated carbocycles. The van der Waals surface area contributed by atoms with Crippen LogP contribution in [-0.2, 0) is 6.54 Å².